The molecule has 0 bridgehead atoms. The molecule has 102 valence electrons. The van der Waals surface area contributed by atoms with E-state index >= 15 is 0 Å². The molecular weight excluding hydrogens is 226 g/mol. The molecule has 0 aliphatic heterocycles. The van der Waals surface area contributed by atoms with Crippen molar-refractivity contribution in [3.05, 3.63) is 29.8 Å². The lowest BCUT2D eigenvalue weighted by Crippen LogP contribution is -2.30. The van der Waals surface area contributed by atoms with Crippen molar-refractivity contribution in [2.45, 2.75) is 32.8 Å². The minimum Gasteiger partial charge on any atom is -0.489 e. The van der Waals surface area contributed by atoms with E-state index in [4.69, 9.17) is 9.47 Å². The van der Waals surface area contributed by atoms with Crippen LogP contribution in [0.4, 0.5) is 0 Å². The minimum absolute atomic E-state index is 0.181. The van der Waals surface area contributed by atoms with Crippen LogP contribution in [-0.2, 0) is 11.2 Å². The van der Waals surface area contributed by atoms with Gasteiger partial charge in [0, 0.05) is 20.3 Å². The molecule has 3 nitrogen and oxygen atoms in total. The Hall–Kier alpha value is -1.06. The average molecular weight is 251 g/mol. The van der Waals surface area contributed by atoms with Crippen LogP contribution in [0.3, 0.4) is 0 Å². The second-order valence-electron chi connectivity index (χ2n) is 4.48. The Morgan fingerprint density at radius 3 is 2.56 bits per heavy atom. The summed E-state index contributed by atoms with van der Waals surface area (Å²) in [6.45, 7) is 6.87. The van der Waals surface area contributed by atoms with Crippen LogP contribution in [0.2, 0.25) is 0 Å². The van der Waals surface area contributed by atoms with E-state index in [1.165, 1.54) is 5.56 Å². The smallest absolute Gasteiger partial charge is 0.119 e. The van der Waals surface area contributed by atoms with Gasteiger partial charge in [0.05, 0.1) is 0 Å². The van der Waals surface area contributed by atoms with Gasteiger partial charge in [-0.3, -0.25) is 0 Å². The molecule has 0 radical (unpaired) electrons. The van der Waals surface area contributed by atoms with Gasteiger partial charge < -0.3 is 14.8 Å². The fourth-order valence-electron chi connectivity index (χ4n) is 1.72. The van der Waals surface area contributed by atoms with Gasteiger partial charge in [-0.25, -0.2) is 0 Å². The van der Waals surface area contributed by atoms with E-state index in [-0.39, 0.29) is 6.10 Å². The summed E-state index contributed by atoms with van der Waals surface area (Å²) in [5.74, 6) is 0.943. The molecule has 0 aliphatic rings. The first-order valence-corrected chi connectivity index (χ1v) is 6.71. The van der Waals surface area contributed by atoms with Crippen molar-refractivity contribution < 1.29 is 9.47 Å². The lowest BCUT2D eigenvalue weighted by molar-refractivity contribution is 0.188. The fraction of sp³-hybridized carbons (Fsp3) is 0.600. The second-order valence-corrected chi connectivity index (χ2v) is 4.48. The number of nitrogens with one attached hydrogen (secondary N) is 1. The van der Waals surface area contributed by atoms with Crippen molar-refractivity contribution in [1.82, 2.24) is 5.32 Å². The molecule has 0 spiro atoms. The minimum atomic E-state index is 0.181. The van der Waals surface area contributed by atoms with Gasteiger partial charge in [-0.1, -0.05) is 19.1 Å². The normalized spacial score (nSPS) is 12.4. The maximum atomic E-state index is 5.83. The number of aryl methyl sites for hydroxylation is 1. The van der Waals surface area contributed by atoms with Crippen molar-refractivity contribution in [3.8, 4) is 5.75 Å². The van der Waals surface area contributed by atoms with Crippen LogP contribution in [0.1, 0.15) is 25.8 Å². The number of hydrogen-bond donors (Lipinski definition) is 1. The van der Waals surface area contributed by atoms with E-state index in [2.05, 4.69) is 31.3 Å². The van der Waals surface area contributed by atoms with Crippen molar-refractivity contribution in [1.29, 1.82) is 0 Å². The highest BCUT2D eigenvalue weighted by Gasteiger charge is 2.03. The van der Waals surface area contributed by atoms with Gasteiger partial charge in [-0.2, -0.15) is 0 Å². The Morgan fingerprint density at radius 2 is 1.94 bits per heavy atom. The largest absolute Gasteiger partial charge is 0.489 e. The summed E-state index contributed by atoms with van der Waals surface area (Å²) >= 11 is 0. The maximum Gasteiger partial charge on any atom is 0.119 e. The van der Waals surface area contributed by atoms with Crippen molar-refractivity contribution in [2.24, 2.45) is 0 Å². The Bertz CT molecular complexity index is 311. The molecule has 18 heavy (non-hydrogen) atoms. The van der Waals surface area contributed by atoms with Crippen LogP contribution >= 0.6 is 0 Å². The number of rotatable bonds is 9. The molecule has 3 heteroatoms. The molecule has 1 aromatic rings. The highest BCUT2D eigenvalue weighted by atomic mass is 16.5. The van der Waals surface area contributed by atoms with Gasteiger partial charge in [0.25, 0.3) is 0 Å². The first kappa shape index (κ1) is 15.0. The summed E-state index contributed by atoms with van der Waals surface area (Å²) in [6, 6.07) is 8.32. The SMILES string of the molecule is CCc1ccc(OC(C)CNCCCOC)cc1. The summed E-state index contributed by atoms with van der Waals surface area (Å²) in [6.07, 6.45) is 2.28. The van der Waals surface area contributed by atoms with Crippen LogP contribution in [0.5, 0.6) is 5.75 Å². The quantitative estimate of drug-likeness (QED) is 0.684. The summed E-state index contributed by atoms with van der Waals surface area (Å²) in [7, 11) is 1.73. The molecule has 0 saturated carbocycles. The first-order valence-electron chi connectivity index (χ1n) is 6.71. The predicted octanol–water partition coefficient (Wildman–Crippen LogP) is 2.64. The van der Waals surface area contributed by atoms with Crippen LogP contribution < -0.4 is 10.1 Å². The monoisotopic (exact) mass is 251 g/mol. The number of hydrogen-bond acceptors (Lipinski definition) is 3. The molecule has 1 aromatic carbocycles. The summed E-state index contributed by atoms with van der Waals surface area (Å²) in [5.41, 5.74) is 1.34. The Morgan fingerprint density at radius 1 is 1.22 bits per heavy atom. The average Bonchev–Trinajstić information content (AvgIpc) is 2.39. The van der Waals surface area contributed by atoms with E-state index in [1.807, 2.05) is 12.1 Å². The third-order valence-electron chi connectivity index (χ3n) is 2.80. The molecule has 0 heterocycles. The summed E-state index contributed by atoms with van der Waals surface area (Å²) < 4.78 is 10.8. The van der Waals surface area contributed by atoms with Gasteiger partial charge in [0.15, 0.2) is 0 Å². The van der Waals surface area contributed by atoms with Gasteiger partial charge in [-0.15, -0.1) is 0 Å². The van der Waals surface area contributed by atoms with Crippen molar-refractivity contribution in [3.63, 3.8) is 0 Å². The molecule has 1 atom stereocenters. The van der Waals surface area contributed by atoms with E-state index in [0.717, 1.165) is 38.3 Å². The zero-order valence-electron chi connectivity index (χ0n) is 11.7. The highest BCUT2D eigenvalue weighted by molar-refractivity contribution is 5.27. The van der Waals surface area contributed by atoms with E-state index in [9.17, 15) is 0 Å². The van der Waals surface area contributed by atoms with E-state index in [1.54, 1.807) is 7.11 Å². The van der Waals surface area contributed by atoms with Crippen molar-refractivity contribution in [2.75, 3.05) is 26.8 Å². The van der Waals surface area contributed by atoms with Crippen LogP contribution in [0.15, 0.2) is 24.3 Å². The van der Waals surface area contributed by atoms with Gasteiger partial charge in [0.2, 0.25) is 0 Å². The molecule has 0 aromatic heterocycles. The molecule has 0 fully saturated rings. The van der Waals surface area contributed by atoms with Crippen LogP contribution in [0, 0.1) is 0 Å². The number of ether oxygens (including phenoxy) is 2. The fourth-order valence-corrected chi connectivity index (χ4v) is 1.72. The third-order valence-corrected chi connectivity index (χ3v) is 2.80. The Balaban J connectivity index is 2.20. The van der Waals surface area contributed by atoms with E-state index < -0.39 is 0 Å². The number of benzene rings is 1. The standard InChI is InChI=1S/C15H25NO2/c1-4-14-6-8-15(9-7-14)18-13(2)12-16-10-5-11-17-3/h6-9,13,16H,4-5,10-12H2,1-3H3. The first-order chi connectivity index (χ1) is 8.76. The van der Waals surface area contributed by atoms with Crippen molar-refractivity contribution >= 4 is 0 Å². The Labute approximate surface area is 110 Å². The van der Waals surface area contributed by atoms with Crippen LogP contribution in [0.25, 0.3) is 0 Å². The van der Waals surface area contributed by atoms with Gasteiger partial charge in [-0.05, 0) is 44.0 Å². The lowest BCUT2D eigenvalue weighted by atomic mass is 10.2. The molecule has 1 unspecified atom stereocenters. The maximum absolute atomic E-state index is 5.83. The van der Waals surface area contributed by atoms with Gasteiger partial charge >= 0.3 is 0 Å². The van der Waals surface area contributed by atoms with Gasteiger partial charge in [0.1, 0.15) is 11.9 Å². The Kier molecular flexibility index (Phi) is 7.46. The molecule has 1 rings (SSSR count). The second kappa shape index (κ2) is 8.95. The molecular formula is C15H25NO2. The number of methoxy groups -OCH3 is 1. The summed E-state index contributed by atoms with van der Waals surface area (Å²) in [4.78, 5) is 0. The molecule has 0 saturated heterocycles. The molecule has 0 aliphatic carbocycles. The molecule has 1 N–H and O–H groups in total. The zero-order valence-corrected chi connectivity index (χ0v) is 11.7. The molecule has 0 amide bonds. The highest BCUT2D eigenvalue weighted by Crippen LogP contribution is 2.13. The topological polar surface area (TPSA) is 30.5 Å². The van der Waals surface area contributed by atoms with E-state index in [0.29, 0.717) is 0 Å². The lowest BCUT2D eigenvalue weighted by Gasteiger charge is -2.15. The van der Waals surface area contributed by atoms with Crippen LogP contribution in [-0.4, -0.2) is 32.9 Å². The summed E-state index contributed by atoms with van der Waals surface area (Å²) in [5, 5.41) is 3.36. The zero-order chi connectivity index (χ0) is 13.2. The predicted molar refractivity (Wildman–Crippen MR) is 75.3 cm³/mol. The third kappa shape index (κ3) is 6.03.